The molecule has 0 heterocycles. The van der Waals surface area contributed by atoms with Crippen molar-refractivity contribution in [2.45, 2.75) is 57.9 Å². The average Bonchev–Trinajstić information content (AvgIpc) is 2.38. The fourth-order valence-electron chi connectivity index (χ4n) is 3.68. The van der Waals surface area contributed by atoms with Gasteiger partial charge in [0.2, 0.25) is 0 Å². The lowest BCUT2D eigenvalue weighted by Crippen LogP contribution is -2.41. The first-order valence-electron chi connectivity index (χ1n) is 7.71. The van der Waals surface area contributed by atoms with Gasteiger partial charge in [0.05, 0.1) is 0 Å². The quantitative estimate of drug-likeness (QED) is 0.792. The van der Waals surface area contributed by atoms with E-state index in [9.17, 15) is 0 Å². The van der Waals surface area contributed by atoms with E-state index in [-0.39, 0.29) is 0 Å². The van der Waals surface area contributed by atoms with Gasteiger partial charge in [0.15, 0.2) is 0 Å². The molecule has 0 bridgehead atoms. The second kappa shape index (κ2) is 6.75. The van der Waals surface area contributed by atoms with Crippen LogP contribution in [0.4, 0.5) is 0 Å². The predicted octanol–water partition coefficient (Wildman–Crippen LogP) is 2.89. The SMILES string of the molecule is CCN(C)CCNC1CCC2CCCCC2C1. The summed E-state index contributed by atoms with van der Waals surface area (Å²) in [6.45, 7) is 5.76. The van der Waals surface area contributed by atoms with Gasteiger partial charge in [-0.05, 0) is 44.7 Å². The third-order valence-electron chi connectivity index (χ3n) is 5.01. The van der Waals surface area contributed by atoms with Crippen LogP contribution in [0, 0.1) is 11.8 Å². The molecule has 17 heavy (non-hydrogen) atoms. The molecule has 0 aromatic heterocycles. The first-order valence-corrected chi connectivity index (χ1v) is 7.71. The molecule has 3 atom stereocenters. The molecular weight excluding hydrogens is 208 g/mol. The topological polar surface area (TPSA) is 15.3 Å². The van der Waals surface area contributed by atoms with Crippen LogP contribution in [0.25, 0.3) is 0 Å². The van der Waals surface area contributed by atoms with Crippen LogP contribution in [-0.2, 0) is 0 Å². The summed E-state index contributed by atoms with van der Waals surface area (Å²) < 4.78 is 0. The van der Waals surface area contributed by atoms with Crippen LogP contribution in [0.5, 0.6) is 0 Å². The van der Waals surface area contributed by atoms with Crippen LogP contribution in [0.1, 0.15) is 51.9 Å². The smallest absolute Gasteiger partial charge is 0.0104 e. The number of nitrogens with zero attached hydrogens (tertiary/aromatic N) is 1. The highest BCUT2D eigenvalue weighted by Crippen LogP contribution is 2.40. The second-order valence-electron chi connectivity index (χ2n) is 6.16. The normalized spacial score (nSPS) is 33.7. The molecule has 0 amide bonds. The number of likely N-dealkylation sites (N-methyl/N-ethyl adjacent to an activating group) is 1. The third-order valence-corrected chi connectivity index (χ3v) is 5.01. The lowest BCUT2D eigenvalue weighted by molar-refractivity contribution is 0.142. The summed E-state index contributed by atoms with van der Waals surface area (Å²) in [7, 11) is 2.21. The highest BCUT2D eigenvalue weighted by atomic mass is 15.1. The van der Waals surface area contributed by atoms with E-state index in [1.165, 1.54) is 58.0 Å². The third kappa shape index (κ3) is 3.96. The molecule has 2 rings (SSSR count). The zero-order valence-corrected chi connectivity index (χ0v) is 11.8. The van der Waals surface area contributed by atoms with Crippen LogP contribution in [0.3, 0.4) is 0 Å². The van der Waals surface area contributed by atoms with Gasteiger partial charge < -0.3 is 10.2 Å². The molecule has 1 N–H and O–H groups in total. The number of fused-ring (bicyclic) bond motifs is 1. The zero-order valence-electron chi connectivity index (χ0n) is 11.8. The summed E-state index contributed by atoms with van der Waals surface area (Å²) in [5.41, 5.74) is 0. The largest absolute Gasteiger partial charge is 0.313 e. The van der Waals surface area contributed by atoms with E-state index in [0.29, 0.717) is 0 Å². The highest BCUT2D eigenvalue weighted by molar-refractivity contribution is 4.86. The van der Waals surface area contributed by atoms with Crippen LogP contribution >= 0.6 is 0 Å². The molecular formula is C15H30N2. The maximum atomic E-state index is 3.78. The average molecular weight is 238 g/mol. The minimum Gasteiger partial charge on any atom is -0.313 e. The minimum atomic E-state index is 0.819. The minimum absolute atomic E-state index is 0.819. The summed E-state index contributed by atoms with van der Waals surface area (Å²) in [4.78, 5) is 2.39. The summed E-state index contributed by atoms with van der Waals surface area (Å²) in [5.74, 6) is 2.14. The van der Waals surface area contributed by atoms with Crippen LogP contribution < -0.4 is 5.32 Å². The number of hydrogen-bond acceptors (Lipinski definition) is 2. The Kier molecular flexibility index (Phi) is 5.30. The van der Waals surface area contributed by atoms with E-state index in [1.807, 2.05) is 0 Å². The number of hydrogen-bond donors (Lipinski definition) is 1. The van der Waals surface area contributed by atoms with Crippen molar-refractivity contribution in [3.63, 3.8) is 0 Å². The Morgan fingerprint density at radius 2 is 1.82 bits per heavy atom. The van der Waals surface area contributed by atoms with Gasteiger partial charge in [0.25, 0.3) is 0 Å². The Labute approximate surface area is 107 Å². The van der Waals surface area contributed by atoms with E-state index < -0.39 is 0 Å². The zero-order chi connectivity index (χ0) is 12.1. The van der Waals surface area contributed by atoms with E-state index in [1.54, 1.807) is 0 Å². The molecule has 0 aromatic rings. The number of rotatable bonds is 5. The monoisotopic (exact) mass is 238 g/mol. The van der Waals surface area contributed by atoms with Crippen molar-refractivity contribution in [2.75, 3.05) is 26.7 Å². The van der Waals surface area contributed by atoms with Gasteiger partial charge in [-0.25, -0.2) is 0 Å². The van der Waals surface area contributed by atoms with E-state index in [2.05, 4.69) is 24.2 Å². The lowest BCUT2D eigenvalue weighted by atomic mass is 9.69. The summed E-state index contributed by atoms with van der Waals surface area (Å²) in [6.07, 6.45) is 10.4. The highest BCUT2D eigenvalue weighted by Gasteiger charge is 2.31. The first kappa shape index (κ1) is 13.4. The Morgan fingerprint density at radius 1 is 1.06 bits per heavy atom. The molecule has 100 valence electrons. The molecule has 0 aromatic carbocycles. The fourth-order valence-corrected chi connectivity index (χ4v) is 3.68. The van der Waals surface area contributed by atoms with Gasteiger partial charge in [-0.2, -0.15) is 0 Å². The van der Waals surface area contributed by atoms with Crippen molar-refractivity contribution in [2.24, 2.45) is 11.8 Å². The Balaban J connectivity index is 1.65. The maximum Gasteiger partial charge on any atom is 0.0104 e. The van der Waals surface area contributed by atoms with E-state index in [4.69, 9.17) is 0 Å². The van der Waals surface area contributed by atoms with E-state index >= 15 is 0 Å². The fraction of sp³-hybridized carbons (Fsp3) is 1.00. The standard InChI is InChI=1S/C15H30N2/c1-3-17(2)11-10-16-15-9-8-13-6-4-5-7-14(13)12-15/h13-16H,3-12H2,1-2H3. The van der Waals surface area contributed by atoms with Crippen molar-refractivity contribution in [1.29, 1.82) is 0 Å². The summed E-state index contributed by atoms with van der Waals surface area (Å²) >= 11 is 0. The van der Waals surface area contributed by atoms with Gasteiger partial charge in [-0.3, -0.25) is 0 Å². The van der Waals surface area contributed by atoms with Crippen molar-refractivity contribution in [1.82, 2.24) is 10.2 Å². The van der Waals surface area contributed by atoms with Crippen molar-refractivity contribution in [3.05, 3.63) is 0 Å². The summed E-state index contributed by atoms with van der Waals surface area (Å²) in [5, 5.41) is 3.78. The van der Waals surface area contributed by atoms with Gasteiger partial charge in [-0.15, -0.1) is 0 Å². The Morgan fingerprint density at radius 3 is 2.59 bits per heavy atom. The number of nitrogens with one attached hydrogen (secondary N) is 1. The first-order chi connectivity index (χ1) is 8.29. The Bertz CT molecular complexity index is 217. The molecule has 2 nitrogen and oxygen atoms in total. The Hall–Kier alpha value is -0.0800. The second-order valence-corrected chi connectivity index (χ2v) is 6.16. The lowest BCUT2D eigenvalue weighted by Gasteiger charge is -2.39. The maximum absolute atomic E-state index is 3.78. The molecule has 3 unspecified atom stereocenters. The van der Waals surface area contributed by atoms with Gasteiger partial charge in [0.1, 0.15) is 0 Å². The summed E-state index contributed by atoms with van der Waals surface area (Å²) in [6, 6.07) is 0.819. The van der Waals surface area contributed by atoms with E-state index in [0.717, 1.165) is 24.4 Å². The van der Waals surface area contributed by atoms with Crippen LogP contribution in [-0.4, -0.2) is 37.6 Å². The predicted molar refractivity (Wildman–Crippen MR) is 74.3 cm³/mol. The molecule has 2 aliphatic rings. The van der Waals surface area contributed by atoms with Crippen LogP contribution in [0.2, 0.25) is 0 Å². The molecule has 2 fully saturated rings. The molecule has 0 spiro atoms. The molecule has 0 radical (unpaired) electrons. The van der Waals surface area contributed by atoms with Gasteiger partial charge >= 0.3 is 0 Å². The van der Waals surface area contributed by atoms with Gasteiger partial charge in [0, 0.05) is 19.1 Å². The van der Waals surface area contributed by atoms with Crippen LogP contribution in [0.15, 0.2) is 0 Å². The molecule has 2 aliphatic carbocycles. The molecule has 0 aliphatic heterocycles. The van der Waals surface area contributed by atoms with Crippen molar-refractivity contribution < 1.29 is 0 Å². The van der Waals surface area contributed by atoms with Crippen molar-refractivity contribution >= 4 is 0 Å². The van der Waals surface area contributed by atoms with Crippen molar-refractivity contribution in [3.8, 4) is 0 Å². The molecule has 2 heteroatoms. The molecule has 0 saturated heterocycles. The van der Waals surface area contributed by atoms with Gasteiger partial charge in [-0.1, -0.05) is 32.6 Å². The molecule has 2 saturated carbocycles.